The highest BCUT2D eigenvalue weighted by Gasteiger charge is 2.04. The van der Waals surface area contributed by atoms with Crippen molar-refractivity contribution in [1.82, 2.24) is 15.5 Å². The van der Waals surface area contributed by atoms with Gasteiger partial charge in [-0.15, -0.1) is 21.5 Å². The van der Waals surface area contributed by atoms with E-state index in [1.807, 2.05) is 47.8 Å². The number of anilines is 1. The smallest absolute Gasteiger partial charge is 0.319 e. The van der Waals surface area contributed by atoms with Crippen molar-refractivity contribution >= 4 is 23.1 Å². The quantitative estimate of drug-likeness (QED) is 0.619. The highest BCUT2D eigenvalue weighted by atomic mass is 32.1. The molecule has 0 aliphatic rings. The Hall–Kier alpha value is -2.93. The molecule has 0 saturated carbocycles. The summed E-state index contributed by atoms with van der Waals surface area (Å²) in [6.45, 7) is 2.78. The van der Waals surface area contributed by atoms with Crippen molar-refractivity contribution in [2.45, 2.75) is 13.3 Å². The first-order valence-corrected chi connectivity index (χ1v) is 9.27. The lowest BCUT2D eigenvalue weighted by Crippen LogP contribution is -2.32. The third-order valence-electron chi connectivity index (χ3n) is 3.67. The van der Waals surface area contributed by atoms with Crippen molar-refractivity contribution in [1.29, 1.82) is 0 Å². The molecule has 0 aliphatic carbocycles. The van der Waals surface area contributed by atoms with Gasteiger partial charge in [-0.2, -0.15) is 0 Å². The SMILES string of the molecule is CCc1ccc(NC(=O)NCCOc2ccc(-c3cccs3)nn2)cc1. The summed E-state index contributed by atoms with van der Waals surface area (Å²) in [7, 11) is 0. The van der Waals surface area contributed by atoms with Gasteiger partial charge in [-0.3, -0.25) is 0 Å². The predicted octanol–water partition coefficient (Wildman–Crippen LogP) is 3.97. The van der Waals surface area contributed by atoms with Gasteiger partial charge in [0.2, 0.25) is 5.88 Å². The van der Waals surface area contributed by atoms with Crippen LogP contribution in [0.25, 0.3) is 10.6 Å². The number of rotatable bonds is 7. The van der Waals surface area contributed by atoms with Crippen molar-refractivity contribution in [2.75, 3.05) is 18.5 Å². The number of nitrogens with zero attached hydrogens (tertiary/aromatic N) is 2. The van der Waals surface area contributed by atoms with Crippen LogP contribution in [-0.2, 0) is 6.42 Å². The van der Waals surface area contributed by atoms with Crippen molar-refractivity contribution in [3.63, 3.8) is 0 Å². The molecule has 0 fully saturated rings. The Labute approximate surface area is 156 Å². The first kappa shape index (κ1) is 17.9. The highest BCUT2D eigenvalue weighted by molar-refractivity contribution is 7.13. The van der Waals surface area contributed by atoms with E-state index in [2.05, 4.69) is 27.8 Å². The summed E-state index contributed by atoms with van der Waals surface area (Å²) in [6.07, 6.45) is 0.973. The molecule has 0 saturated heterocycles. The summed E-state index contributed by atoms with van der Waals surface area (Å²) in [5.74, 6) is 0.433. The fraction of sp³-hybridized carbons (Fsp3) is 0.211. The topological polar surface area (TPSA) is 76.1 Å². The number of nitrogens with one attached hydrogen (secondary N) is 2. The van der Waals surface area contributed by atoms with Gasteiger partial charge in [0.25, 0.3) is 0 Å². The van der Waals surface area contributed by atoms with Gasteiger partial charge in [0.15, 0.2) is 0 Å². The zero-order valence-electron chi connectivity index (χ0n) is 14.4. The number of aromatic nitrogens is 2. The van der Waals surface area contributed by atoms with E-state index in [4.69, 9.17) is 4.74 Å². The fourth-order valence-corrected chi connectivity index (χ4v) is 2.96. The Balaban J connectivity index is 1.38. The number of urea groups is 1. The molecule has 3 rings (SSSR count). The molecule has 1 aromatic carbocycles. The van der Waals surface area contributed by atoms with Crippen molar-refractivity contribution < 1.29 is 9.53 Å². The number of benzene rings is 1. The number of aryl methyl sites for hydroxylation is 1. The molecule has 0 atom stereocenters. The number of amides is 2. The molecule has 0 spiro atoms. The van der Waals surface area contributed by atoms with Crippen LogP contribution in [0, 0.1) is 0 Å². The van der Waals surface area contributed by atoms with E-state index < -0.39 is 0 Å². The summed E-state index contributed by atoms with van der Waals surface area (Å²) in [5.41, 5.74) is 2.81. The molecule has 0 radical (unpaired) electrons. The van der Waals surface area contributed by atoms with Gasteiger partial charge in [-0.25, -0.2) is 4.79 Å². The molecule has 2 amide bonds. The van der Waals surface area contributed by atoms with E-state index in [0.717, 1.165) is 22.7 Å². The van der Waals surface area contributed by atoms with E-state index in [1.165, 1.54) is 5.56 Å². The van der Waals surface area contributed by atoms with Gasteiger partial charge in [0.1, 0.15) is 12.3 Å². The molecule has 2 aromatic heterocycles. The molecule has 26 heavy (non-hydrogen) atoms. The molecule has 0 aliphatic heterocycles. The molecular formula is C19H20N4O2S. The molecule has 7 heteroatoms. The molecule has 3 aromatic rings. The van der Waals surface area contributed by atoms with Gasteiger partial charge in [-0.05, 0) is 41.6 Å². The lowest BCUT2D eigenvalue weighted by molar-refractivity contribution is 0.246. The molecule has 6 nitrogen and oxygen atoms in total. The molecular weight excluding hydrogens is 348 g/mol. The van der Waals surface area contributed by atoms with Gasteiger partial charge < -0.3 is 15.4 Å². The van der Waals surface area contributed by atoms with Gasteiger partial charge in [-0.1, -0.05) is 25.1 Å². The lowest BCUT2D eigenvalue weighted by atomic mass is 10.1. The van der Waals surface area contributed by atoms with Crippen molar-refractivity contribution in [2.24, 2.45) is 0 Å². The Bertz CT molecular complexity index is 818. The summed E-state index contributed by atoms with van der Waals surface area (Å²) >= 11 is 1.61. The van der Waals surface area contributed by atoms with Crippen LogP contribution in [0.2, 0.25) is 0 Å². The minimum atomic E-state index is -0.267. The van der Waals surface area contributed by atoms with Gasteiger partial charge >= 0.3 is 6.03 Å². The molecule has 0 bridgehead atoms. The summed E-state index contributed by atoms with van der Waals surface area (Å²) < 4.78 is 5.50. The fourth-order valence-electron chi connectivity index (χ4n) is 2.27. The van der Waals surface area contributed by atoms with Crippen LogP contribution in [0.3, 0.4) is 0 Å². The second-order valence-corrected chi connectivity index (χ2v) is 6.46. The van der Waals surface area contributed by atoms with Crippen LogP contribution in [0.15, 0.2) is 53.9 Å². The molecule has 2 N–H and O–H groups in total. The van der Waals surface area contributed by atoms with Crippen molar-refractivity contribution in [3.8, 4) is 16.5 Å². The standard InChI is InChI=1S/C19H20N4O2S/c1-2-14-5-7-15(8-6-14)21-19(24)20-11-12-25-18-10-9-16(22-23-18)17-4-3-13-26-17/h3-10,13H,2,11-12H2,1H3,(H2,20,21,24). The summed E-state index contributed by atoms with van der Waals surface area (Å²) in [4.78, 5) is 12.9. The van der Waals surface area contributed by atoms with E-state index in [1.54, 1.807) is 17.4 Å². The third-order valence-corrected chi connectivity index (χ3v) is 4.56. The second-order valence-electron chi connectivity index (χ2n) is 5.51. The summed E-state index contributed by atoms with van der Waals surface area (Å²) in [5, 5.41) is 15.7. The van der Waals surface area contributed by atoms with E-state index in [0.29, 0.717) is 19.0 Å². The number of carbonyl (C=O) groups is 1. The number of hydrogen-bond acceptors (Lipinski definition) is 5. The van der Waals surface area contributed by atoms with Crippen molar-refractivity contribution in [3.05, 3.63) is 59.5 Å². The van der Waals surface area contributed by atoms with Crippen LogP contribution in [0.1, 0.15) is 12.5 Å². The van der Waals surface area contributed by atoms with Crippen LogP contribution in [0.5, 0.6) is 5.88 Å². The maximum absolute atomic E-state index is 11.8. The Morgan fingerprint density at radius 2 is 1.96 bits per heavy atom. The second kappa shape index (κ2) is 8.96. The molecule has 0 unspecified atom stereocenters. The van der Waals surface area contributed by atoms with E-state index in [9.17, 15) is 4.79 Å². The van der Waals surface area contributed by atoms with Crippen LogP contribution >= 0.6 is 11.3 Å². The number of hydrogen-bond donors (Lipinski definition) is 2. The van der Waals surface area contributed by atoms with Gasteiger partial charge in [0.05, 0.1) is 11.4 Å². The Morgan fingerprint density at radius 3 is 2.62 bits per heavy atom. The summed E-state index contributed by atoms with van der Waals surface area (Å²) in [6, 6.07) is 15.1. The lowest BCUT2D eigenvalue weighted by Gasteiger charge is -2.09. The van der Waals surface area contributed by atoms with Crippen LogP contribution in [0.4, 0.5) is 10.5 Å². The maximum atomic E-state index is 11.8. The van der Waals surface area contributed by atoms with Gasteiger partial charge in [0, 0.05) is 11.8 Å². The average molecular weight is 368 g/mol. The predicted molar refractivity (Wildman–Crippen MR) is 104 cm³/mol. The zero-order valence-corrected chi connectivity index (χ0v) is 15.3. The number of ether oxygens (including phenoxy) is 1. The number of thiophene rings is 1. The zero-order chi connectivity index (χ0) is 18.2. The Morgan fingerprint density at radius 1 is 1.12 bits per heavy atom. The largest absolute Gasteiger partial charge is 0.475 e. The minimum Gasteiger partial charge on any atom is -0.475 e. The minimum absolute atomic E-state index is 0.267. The first-order valence-electron chi connectivity index (χ1n) is 8.39. The van der Waals surface area contributed by atoms with Crippen LogP contribution in [-0.4, -0.2) is 29.4 Å². The normalized spacial score (nSPS) is 10.3. The van der Waals surface area contributed by atoms with E-state index >= 15 is 0 Å². The highest BCUT2D eigenvalue weighted by Crippen LogP contribution is 2.22. The third kappa shape index (κ3) is 5.03. The van der Waals surface area contributed by atoms with E-state index in [-0.39, 0.29) is 6.03 Å². The first-order chi connectivity index (χ1) is 12.7. The monoisotopic (exact) mass is 368 g/mol. The average Bonchev–Trinajstić information content (AvgIpc) is 3.21. The maximum Gasteiger partial charge on any atom is 0.319 e. The number of carbonyl (C=O) groups excluding carboxylic acids is 1. The Kier molecular flexibility index (Phi) is 6.16. The molecule has 134 valence electrons. The van der Waals surface area contributed by atoms with Crippen LogP contribution < -0.4 is 15.4 Å². The molecule has 2 heterocycles.